The predicted molar refractivity (Wildman–Crippen MR) is 110 cm³/mol. The molecule has 0 saturated carbocycles. The van der Waals surface area contributed by atoms with E-state index in [0.717, 1.165) is 22.6 Å². The molecule has 0 radical (unpaired) electrons. The summed E-state index contributed by atoms with van der Waals surface area (Å²) in [6.07, 6.45) is 0. The number of hydrogen-bond acceptors (Lipinski definition) is 4. The maximum absolute atomic E-state index is 13.1. The number of amides is 1. The van der Waals surface area contributed by atoms with Gasteiger partial charge in [0.2, 0.25) is 5.95 Å². The van der Waals surface area contributed by atoms with Crippen LogP contribution in [0.15, 0.2) is 54.6 Å². The van der Waals surface area contributed by atoms with Crippen LogP contribution in [0.4, 0.5) is 17.3 Å². The van der Waals surface area contributed by atoms with E-state index in [-0.39, 0.29) is 5.91 Å². The number of rotatable bonds is 5. The summed E-state index contributed by atoms with van der Waals surface area (Å²) < 4.78 is 0. The fraction of sp³-hybridized carbons (Fsp3) is 0.227. The maximum Gasteiger partial charge on any atom is 0.277 e. The van der Waals surface area contributed by atoms with E-state index in [1.165, 1.54) is 5.56 Å². The van der Waals surface area contributed by atoms with Crippen molar-refractivity contribution in [3.05, 3.63) is 77.1 Å². The highest BCUT2D eigenvalue weighted by Crippen LogP contribution is 2.21. The summed E-state index contributed by atoms with van der Waals surface area (Å²) in [5.74, 6) is 0.285. The van der Waals surface area contributed by atoms with E-state index in [1.54, 1.807) is 11.0 Å². The molecule has 1 amide bonds. The number of para-hydroxylation sites is 1. The number of aromatic nitrogens is 2. The van der Waals surface area contributed by atoms with Crippen molar-refractivity contribution in [2.45, 2.75) is 27.7 Å². The van der Waals surface area contributed by atoms with E-state index >= 15 is 0 Å². The molecule has 0 unspecified atom stereocenters. The van der Waals surface area contributed by atoms with Crippen molar-refractivity contribution < 1.29 is 4.79 Å². The molecule has 0 bridgehead atoms. The van der Waals surface area contributed by atoms with Crippen LogP contribution in [0.5, 0.6) is 0 Å². The molecule has 5 nitrogen and oxygen atoms in total. The normalized spacial score (nSPS) is 10.5. The van der Waals surface area contributed by atoms with Crippen LogP contribution in [0.25, 0.3) is 0 Å². The Morgan fingerprint density at radius 2 is 1.74 bits per heavy atom. The second-order valence-electron chi connectivity index (χ2n) is 6.55. The molecule has 1 aromatic heterocycles. The minimum absolute atomic E-state index is 0.141. The van der Waals surface area contributed by atoms with Gasteiger partial charge in [-0.05, 0) is 57.5 Å². The van der Waals surface area contributed by atoms with Crippen LogP contribution < -0.4 is 10.2 Å². The number of carbonyl (C=O) groups excluding carboxylic acids is 1. The van der Waals surface area contributed by atoms with Crippen LogP contribution in [0.2, 0.25) is 0 Å². The van der Waals surface area contributed by atoms with Gasteiger partial charge in [-0.25, -0.2) is 9.97 Å². The summed E-state index contributed by atoms with van der Waals surface area (Å²) >= 11 is 0. The molecular formula is C22H24N4O. The largest absolute Gasteiger partial charge is 0.324 e. The molecule has 5 heteroatoms. The molecular weight excluding hydrogens is 336 g/mol. The molecule has 0 aliphatic rings. The minimum Gasteiger partial charge on any atom is -0.324 e. The zero-order valence-electron chi connectivity index (χ0n) is 16.2. The lowest BCUT2D eigenvalue weighted by Gasteiger charge is -2.21. The lowest BCUT2D eigenvalue weighted by molar-refractivity contribution is 0.0983. The Morgan fingerprint density at radius 3 is 2.41 bits per heavy atom. The lowest BCUT2D eigenvalue weighted by Crippen LogP contribution is -2.31. The lowest BCUT2D eigenvalue weighted by atomic mass is 10.1. The number of aryl methyl sites for hydroxylation is 3. The van der Waals surface area contributed by atoms with Gasteiger partial charge in [0.25, 0.3) is 5.91 Å². The van der Waals surface area contributed by atoms with Crippen LogP contribution >= 0.6 is 0 Å². The number of carbonyl (C=O) groups is 1. The minimum atomic E-state index is -0.141. The van der Waals surface area contributed by atoms with Gasteiger partial charge in [-0.2, -0.15) is 0 Å². The van der Waals surface area contributed by atoms with Crippen molar-refractivity contribution in [2.75, 3.05) is 16.8 Å². The van der Waals surface area contributed by atoms with Crippen LogP contribution in [0, 0.1) is 20.8 Å². The smallest absolute Gasteiger partial charge is 0.277 e. The monoisotopic (exact) mass is 360 g/mol. The van der Waals surface area contributed by atoms with Gasteiger partial charge in [-0.15, -0.1) is 0 Å². The molecule has 3 rings (SSSR count). The molecule has 1 heterocycles. The third-order valence-corrected chi connectivity index (χ3v) is 4.33. The number of benzene rings is 2. The van der Waals surface area contributed by atoms with Gasteiger partial charge in [0.05, 0.1) is 0 Å². The van der Waals surface area contributed by atoms with Crippen molar-refractivity contribution in [3.63, 3.8) is 0 Å². The molecule has 0 saturated heterocycles. The standard InChI is InChI=1S/C22H24N4O/c1-5-26(18-9-7-6-8-10-18)21(27)20-14-17(4)23-22(25-20)24-19-12-11-15(2)13-16(19)3/h6-14H,5H2,1-4H3,(H,23,24,25). The van der Waals surface area contributed by atoms with Gasteiger partial charge >= 0.3 is 0 Å². The van der Waals surface area contributed by atoms with Gasteiger partial charge in [0.1, 0.15) is 5.69 Å². The zero-order chi connectivity index (χ0) is 19.4. The summed E-state index contributed by atoms with van der Waals surface area (Å²) in [4.78, 5) is 23.7. The van der Waals surface area contributed by atoms with Crippen molar-refractivity contribution in [1.82, 2.24) is 9.97 Å². The zero-order valence-corrected chi connectivity index (χ0v) is 16.2. The van der Waals surface area contributed by atoms with E-state index < -0.39 is 0 Å². The average Bonchev–Trinajstić information content (AvgIpc) is 2.65. The summed E-state index contributed by atoms with van der Waals surface area (Å²) in [7, 11) is 0. The van der Waals surface area contributed by atoms with Crippen LogP contribution in [0.3, 0.4) is 0 Å². The van der Waals surface area contributed by atoms with E-state index in [4.69, 9.17) is 0 Å². The summed E-state index contributed by atoms with van der Waals surface area (Å²) in [6.45, 7) is 8.47. The molecule has 0 aliphatic carbocycles. The highest BCUT2D eigenvalue weighted by molar-refractivity contribution is 6.05. The van der Waals surface area contributed by atoms with E-state index in [1.807, 2.05) is 63.2 Å². The molecule has 138 valence electrons. The first-order valence-corrected chi connectivity index (χ1v) is 9.05. The summed E-state index contributed by atoms with van der Waals surface area (Å²) in [5, 5.41) is 3.24. The highest BCUT2D eigenvalue weighted by Gasteiger charge is 2.19. The number of hydrogen-bond donors (Lipinski definition) is 1. The Hall–Kier alpha value is -3.21. The number of anilines is 3. The predicted octanol–water partition coefficient (Wildman–Crippen LogP) is 4.81. The van der Waals surface area contributed by atoms with Crippen LogP contribution in [0.1, 0.15) is 34.2 Å². The first-order valence-electron chi connectivity index (χ1n) is 9.05. The van der Waals surface area contributed by atoms with Gasteiger partial charge in [-0.1, -0.05) is 35.9 Å². The number of nitrogens with one attached hydrogen (secondary N) is 1. The van der Waals surface area contributed by atoms with Crippen LogP contribution in [-0.4, -0.2) is 22.4 Å². The second-order valence-corrected chi connectivity index (χ2v) is 6.55. The molecule has 1 N–H and O–H groups in total. The van der Waals surface area contributed by atoms with Crippen LogP contribution in [-0.2, 0) is 0 Å². The first-order chi connectivity index (χ1) is 13.0. The third kappa shape index (κ3) is 4.31. The van der Waals surface area contributed by atoms with E-state index in [9.17, 15) is 4.79 Å². The van der Waals surface area contributed by atoms with Crippen molar-refractivity contribution in [3.8, 4) is 0 Å². The van der Waals surface area contributed by atoms with E-state index in [2.05, 4.69) is 28.3 Å². The van der Waals surface area contributed by atoms with Gasteiger partial charge in [-0.3, -0.25) is 4.79 Å². The summed E-state index contributed by atoms with van der Waals surface area (Å²) in [5.41, 5.74) is 5.20. The maximum atomic E-state index is 13.1. The molecule has 0 aliphatic heterocycles. The third-order valence-electron chi connectivity index (χ3n) is 4.33. The second kappa shape index (κ2) is 7.99. The fourth-order valence-electron chi connectivity index (χ4n) is 3.00. The molecule has 27 heavy (non-hydrogen) atoms. The molecule has 2 aromatic carbocycles. The highest BCUT2D eigenvalue weighted by atomic mass is 16.2. The molecule has 3 aromatic rings. The Balaban J connectivity index is 1.91. The Kier molecular flexibility index (Phi) is 5.50. The Morgan fingerprint density at radius 1 is 1.00 bits per heavy atom. The molecule has 0 fully saturated rings. The first kappa shape index (κ1) is 18.6. The Bertz CT molecular complexity index is 954. The van der Waals surface area contributed by atoms with Crippen molar-refractivity contribution in [1.29, 1.82) is 0 Å². The van der Waals surface area contributed by atoms with Crippen molar-refractivity contribution in [2.24, 2.45) is 0 Å². The van der Waals surface area contributed by atoms with Gasteiger partial charge in [0.15, 0.2) is 0 Å². The van der Waals surface area contributed by atoms with Gasteiger partial charge < -0.3 is 10.2 Å². The molecule has 0 atom stereocenters. The Labute approximate surface area is 160 Å². The molecule has 0 spiro atoms. The fourth-order valence-corrected chi connectivity index (χ4v) is 3.00. The average molecular weight is 360 g/mol. The quantitative estimate of drug-likeness (QED) is 0.709. The van der Waals surface area contributed by atoms with Crippen molar-refractivity contribution >= 4 is 23.2 Å². The SMILES string of the molecule is CCN(C(=O)c1cc(C)nc(Nc2ccc(C)cc2C)n1)c1ccccc1. The summed E-state index contributed by atoms with van der Waals surface area (Å²) in [6, 6.07) is 17.5. The topological polar surface area (TPSA) is 58.1 Å². The van der Waals surface area contributed by atoms with E-state index in [0.29, 0.717) is 18.2 Å². The van der Waals surface area contributed by atoms with Gasteiger partial charge in [0, 0.05) is 23.6 Å². The number of nitrogens with zero attached hydrogens (tertiary/aromatic N) is 3.